The van der Waals surface area contributed by atoms with Crippen molar-refractivity contribution < 1.29 is 0 Å². The lowest BCUT2D eigenvalue weighted by Crippen LogP contribution is -2.00. The molecule has 0 spiro atoms. The second-order valence-corrected chi connectivity index (χ2v) is 11.6. The molecule has 43 heavy (non-hydrogen) atoms. The number of hydrogen-bond acceptors (Lipinski definition) is 4. The standard InChI is InChI=1S/C39H25N3S/c1-4-13-26(14-5-1)29-19-12-20-30(23-29)31-24-33(36-32-21-10-11-22-34(32)43-35(36)25-31)39-41-37(27-15-6-2-7-16-27)40-38(42-39)28-17-8-3-9-18-28/h1-25H. The average Bonchev–Trinajstić information content (AvgIpc) is 3.47. The van der Waals surface area contributed by atoms with Crippen molar-refractivity contribution >= 4 is 31.5 Å². The molecule has 0 bridgehead atoms. The Hall–Kier alpha value is -5.45. The van der Waals surface area contributed by atoms with E-state index in [2.05, 4.69) is 115 Å². The Kier molecular flexibility index (Phi) is 6.32. The first-order chi connectivity index (χ1) is 21.3. The van der Waals surface area contributed by atoms with Crippen LogP contribution in [0.15, 0.2) is 152 Å². The molecule has 0 aliphatic rings. The molecule has 0 atom stereocenters. The van der Waals surface area contributed by atoms with Crippen molar-refractivity contribution in [2.45, 2.75) is 0 Å². The number of thiophene rings is 1. The van der Waals surface area contributed by atoms with E-state index < -0.39 is 0 Å². The van der Waals surface area contributed by atoms with Gasteiger partial charge < -0.3 is 0 Å². The van der Waals surface area contributed by atoms with Crippen LogP contribution in [0, 0.1) is 0 Å². The number of aromatic nitrogens is 3. The normalized spacial score (nSPS) is 11.3. The van der Waals surface area contributed by atoms with Gasteiger partial charge in [-0.2, -0.15) is 0 Å². The van der Waals surface area contributed by atoms with Gasteiger partial charge in [0.25, 0.3) is 0 Å². The predicted molar refractivity (Wildman–Crippen MR) is 180 cm³/mol. The van der Waals surface area contributed by atoms with Crippen LogP contribution in [0.5, 0.6) is 0 Å². The fraction of sp³-hybridized carbons (Fsp3) is 0. The van der Waals surface area contributed by atoms with Crippen LogP contribution in [-0.2, 0) is 0 Å². The summed E-state index contributed by atoms with van der Waals surface area (Å²) in [5.74, 6) is 1.99. The fourth-order valence-corrected chi connectivity index (χ4v) is 6.81. The molecule has 3 nitrogen and oxygen atoms in total. The van der Waals surface area contributed by atoms with E-state index in [1.807, 2.05) is 47.7 Å². The maximum absolute atomic E-state index is 5.12. The summed E-state index contributed by atoms with van der Waals surface area (Å²) in [4.78, 5) is 15.2. The summed E-state index contributed by atoms with van der Waals surface area (Å²) < 4.78 is 2.45. The summed E-state index contributed by atoms with van der Waals surface area (Å²) in [6.07, 6.45) is 0. The maximum Gasteiger partial charge on any atom is 0.164 e. The molecule has 8 aromatic rings. The minimum absolute atomic E-state index is 0.661. The van der Waals surface area contributed by atoms with E-state index >= 15 is 0 Å². The van der Waals surface area contributed by atoms with E-state index in [0.29, 0.717) is 17.5 Å². The summed E-state index contributed by atoms with van der Waals surface area (Å²) in [5, 5.41) is 2.39. The zero-order chi connectivity index (χ0) is 28.6. The molecule has 6 aromatic carbocycles. The molecule has 8 rings (SSSR count). The highest BCUT2D eigenvalue weighted by atomic mass is 32.1. The van der Waals surface area contributed by atoms with Crippen molar-refractivity contribution in [2.24, 2.45) is 0 Å². The minimum atomic E-state index is 0.661. The highest BCUT2D eigenvalue weighted by molar-refractivity contribution is 7.26. The summed E-state index contributed by atoms with van der Waals surface area (Å²) >= 11 is 1.81. The lowest BCUT2D eigenvalue weighted by molar-refractivity contribution is 1.08. The quantitative estimate of drug-likeness (QED) is 0.208. The molecule has 202 valence electrons. The van der Waals surface area contributed by atoms with E-state index in [1.54, 1.807) is 0 Å². The molecule has 0 saturated carbocycles. The monoisotopic (exact) mass is 567 g/mol. The molecule has 0 aliphatic heterocycles. The molecular weight excluding hydrogens is 543 g/mol. The third-order valence-electron chi connectivity index (χ3n) is 7.72. The lowest BCUT2D eigenvalue weighted by Gasteiger charge is -2.12. The number of fused-ring (bicyclic) bond motifs is 3. The molecule has 2 aromatic heterocycles. The molecular formula is C39H25N3S. The van der Waals surface area contributed by atoms with Gasteiger partial charge in [0, 0.05) is 36.9 Å². The van der Waals surface area contributed by atoms with Crippen LogP contribution in [0.4, 0.5) is 0 Å². The number of nitrogens with zero attached hydrogens (tertiary/aromatic N) is 3. The van der Waals surface area contributed by atoms with Crippen LogP contribution in [0.1, 0.15) is 0 Å². The Balaban J connectivity index is 1.40. The first-order valence-electron chi connectivity index (χ1n) is 14.3. The summed E-state index contributed by atoms with van der Waals surface area (Å²) in [6, 6.07) is 52.7. The second-order valence-electron chi connectivity index (χ2n) is 10.5. The van der Waals surface area contributed by atoms with Gasteiger partial charge in [0.2, 0.25) is 0 Å². The van der Waals surface area contributed by atoms with Crippen LogP contribution in [-0.4, -0.2) is 15.0 Å². The number of rotatable bonds is 5. The van der Waals surface area contributed by atoms with Crippen molar-refractivity contribution in [3.8, 4) is 56.4 Å². The molecule has 0 unspecified atom stereocenters. The highest BCUT2D eigenvalue weighted by Crippen LogP contribution is 2.43. The van der Waals surface area contributed by atoms with Gasteiger partial charge in [-0.15, -0.1) is 11.3 Å². The van der Waals surface area contributed by atoms with Gasteiger partial charge in [0.05, 0.1) is 0 Å². The van der Waals surface area contributed by atoms with Crippen LogP contribution >= 0.6 is 11.3 Å². The molecule has 0 radical (unpaired) electrons. The first kappa shape index (κ1) is 25.3. The Morgan fingerprint density at radius 1 is 0.349 bits per heavy atom. The largest absolute Gasteiger partial charge is 0.208 e. The SMILES string of the molecule is c1ccc(-c2cccc(-c3cc(-c4nc(-c5ccccc5)nc(-c5ccccc5)n4)c4c(c3)sc3ccccc34)c2)cc1. The second kappa shape index (κ2) is 10.8. The minimum Gasteiger partial charge on any atom is -0.208 e. The molecule has 0 fully saturated rings. The number of benzene rings is 6. The summed E-state index contributed by atoms with van der Waals surface area (Å²) in [7, 11) is 0. The number of hydrogen-bond donors (Lipinski definition) is 0. The van der Waals surface area contributed by atoms with E-state index in [0.717, 1.165) is 27.8 Å². The van der Waals surface area contributed by atoms with E-state index in [4.69, 9.17) is 15.0 Å². The zero-order valence-electron chi connectivity index (χ0n) is 23.2. The third kappa shape index (κ3) is 4.78. The van der Waals surface area contributed by atoms with Gasteiger partial charge in [0.15, 0.2) is 17.5 Å². The van der Waals surface area contributed by atoms with Crippen molar-refractivity contribution in [1.29, 1.82) is 0 Å². The molecule has 4 heteroatoms. The Labute approximate surface area is 253 Å². The smallest absolute Gasteiger partial charge is 0.164 e. The summed E-state index contributed by atoms with van der Waals surface area (Å²) in [6.45, 7) is 0. The Morgan fingerprint density at radius 3 is 1.51 bits per heavy atom. The van der Waals surface area contributed by atoms with Crippen LogP contribution < -0.4 is 0 Å². The van der Waals surface area contributed by atoms with E-state index in [9.17, 15) is 0 Å². The van der Waals surface area contributed by atoms with E-state index in [1.165, 1.54) is 31.3 Å². The van der Waals surface area contributed by atoms with Crippen LogP contribution in [0.2, 0.25) is 0 Å². The van der Waals surface area contributed by atoms with Gasteiger partial charge in [-0.1, -0.05) is 127 Å². The van der Waals surface area contributed by atoms with Crippen molar-refractivity contribution in [1.82, 2.24) is 15.0 Å². The van der Waals surface area contributed by atoms with Gasteiger partial charge in [-0.05, 0) is 46.5 Å². The first-order valence-corrected chi connectivity index (χ1v) is 15.1. The fourth-order valence-electron chi connectivity index (χ4n) is 5.64. The van der Waals surface area contributed by atoms with Gasteiger partial charge >= 0.3 is 0 Å². The third-order valence-corrected chi connectivity index (χ3v) is 8.84. The average molecular weight is 568 g/mol. The predicted octanol–water partition coefficient (Wildman–Crippen LogP) is 10.6. The van der Waals surface area contributed by atoms with E-state index in [-0.39, 0.29) is 0 Å². The highest BCUT2D eigenvalue weighted by Gasteiger charge is 2.19. The van der Waals surface area contributed by atoms with Crippen molar-refractivity contribution in [3.05, 3.63) is 152 Å². The Bertz CT molecular complexity index is 2170. The zero-order valence-corrected chi connectivity index (χ0v) is 24.0. The molecule has 0 saturated heterocycles. The van der Waals surface area contributed by atoms with Gasteiger partial charge in [-0.25, -0.2) is 15.0 Å². The van der Waals surface area contributed by atoms with Crippen LogP contribution in [0.25, 0.3) is 76.6 Å². The maximum atomic E-state index is 5.12. The molecule has 0 amide bonds. The lowest BCUT2D eigenvalue weighted by atomic mass is 9.95. The molecule has 0 N–H and O–H groups in total. The summed E-state index contributed by atoms with van der Waals surface area (Å²) in [5.41, 5.74) is 7.60. The Morgan fingerprint density at radius 2 is 0.860 bits per heavy atom. The molecule has 2 heterocycles. The van der Waals surface area contributed by atoms with Crippen molar-refractivity contribution in [3.63, 3.8) is 0 Å². The molecule has 0 aliphatic carbocycles. The van der Waals surface area contributed by atoms with Gasteiger partial charge in [-0.3, -0.25) is 0 Å². The topological polar surface area (TPSA) is 38.7 Å². The van der Waals surface area contributed by atoms with Crippen molar-refractivity contribution in [2.75, 3.05) is 0 Å². The van der Waals surface area contributed by atoms with Gasteiger partial charge in [0.1, 0.15) is 0 Å². The van der Waals surface area contributed by atoms with Crippen LogP contribution in [0.3, 0.4) is 0 Å².